The molecule has 0 heterocycles. The van der Waals surface area contributed by atoms with E-state index in [-0.39, 0.29) is 0 Å². The summed E-state index contributed by atoms with van der Waals surface area (Å²) in [5, 5.41) is 4.60. The van der Waals surface area contributed by atoms with Crippen LogP contribution in [0.3, 0.4) is 0 Å². The summed E-state index contributed by atoms with van der Waals surface area (Å²) in [6.45, 7) is 4.47. The molecule has 5 rings (SSSR count). The minimum absolute atomic E-state index is 1.05. The number of aryl methyl sites for hydroxylation is 2. The minimum Gasteiger partial charge on any atom is -0.0654 e. The predicted octanol–water partition coefficient (Wildman–Crippen LogP) is 9.48. The summed E-state index contributed by atoms with van der Waals surface area (Å²) < 4.78 is 0. The van der Waals surface area contributed by atoms with Gasteiger partial charge in [0.2, 0.25) is 0 Å². The molecule has 0 N–H and O–H groups in total. The van der Waals surface area contributed by atoms with Crippen molar-refractivity contribution in [2.24, 2.45) is 0 Å². The summed E-state index contributed by atoms with van der Waals surface area (Å²) in [6.07, 6.45) is 7.14. The first-order valence-corrected chi connectivity index (χ1v) is 13.9. The van der Waals surface area contributed by atoms with Gasteiger partial charge in [0, 0.05) is 22.3 Å². The zero-order valence-corrected chi connectivity index (χ0v) is 22.5. The van der Waals surface area contributed by atoms with Gasteiger partial charge in [-0.3, -0.25) is 0 Å². The highest BCUT2D eigenvalue weighted by atomic mass is 14.1. The van der Waals surface area contributed by atoms with E-state index in [9.17, 15) is 0 Å². The van der Waals surface area contributed by atoms with Crippen LogP contribution >= 0.6 is 0 Å². The van der Waals surface area contributed by atoms with E-state index in [4.69, 9.17) is 0 Å². The third kappa shape index (κ3) is 5.83. The largest absolute Gasteiger partial charge is 0.0654 e. The smallest absolute Gasteiger partial charge is 0.0406 e. The van der Waals surface area contributed by atoms with E-state index in [0.717, 1.165) is 56.6 Å². The number of benzene rings is 5. The highest BCUT2D eigenvalue weighted by molar-refractivity contribution is 6.09. The summed E-state index contributed by atoms with van der Waals surface area (Å²) in [7, 11) is 0. The first-order chi connectivity index (χ1) is 18.8. The molecule has 0 amide bonds. The molecule has 0 heteroatoms. The Morgan fingerprint density at radius 2 is 0.763 bits per heavy atom. The van der Waals surface area contributed by atoms with Gasteiger partial charge in [0.05, 0.1) is 0 Å². The molecule has 0 atom stereocenters. The Hall–Kier alpha value is -4.26. The average Bonchev–Trinajstić information content (AvgIpc) is 2.97. The normalized spacial score (nSPS) is 10.6. The van der Waals surface area contributed by atoms with E-state index in [1.165, 1.54) is 36.8 Å². The lowest BCUT2D eigenvalue weighted by Crippen LogP contribution is -1.91. The van der Waals surface area contributed by atoms with Crippen LogP contribution in [0.25, 0.3) is 21.5 Å². The number of unbranched alkanes of at least 4 members (excludes halogenated alkanes) is 2. The van der Waals surface area contributed by atoms with Crippen LogP contribution in [0, 0.1) is 23.7 Å². The van der Waals surface area contributed by atoms with Gasteiger partial charge >= 0.3 is 0 Å². The Morgan fingerprint density at radius 1 is 0.421 bits per heavy atom. The van der Waals surface area contributed by atoms with Crippen LogP contribution in [-0.4, -0.2) is 0 Å². The SMILES string of the molecule is CCCCc1ccc(C#Cc2c3ccccc3c(C#Cc3ccc(CCCC)cc3)c3ccccc23)cc1. The van der Waals surface area contributed by atoms with Crippen molar-refractivity contribution in [2.45, 2.75) is 52.4 Å². The zero-order chi connectivity index (χ0) is 26.2. The van der Waals surface area contributed by atoms with Gasteiger partial charge in [-0.05, 0) is 82.6 Å². The lowest BCUT2D eigenvalue weighted by Gasteiger charge is -2.10. The highest BCUT2D eigenvalue weighted by Gasteiger charge is 2.11. The van der Waals surface area contributed by atoms with Crippen molar-refractivity contribution < 1.29 is 0 Å². The van der Waals surface area contributed by atoms with Crippen molar-refractivity contribution in [3.05, 3.63) is 130 Å². The summed E-state index contributed by atoms with van der Waals surface area (Å²) in [5.41, 5.74) is 6.99. The van der Waals surface area contributed by atoms with Crippen molar-refractivity contribution in [3.63, 3.8) is 0 Å². The van der Waals surface area contributed by atoms with Crippen LogP contribution < -0.4 is 0 Å². The summed E-state index contributed by atoms with van der Waals surface area (Å²) in [4.78, 5) is 0. The number of rotatable bonds is 6. The third-order valence-electron chi connectivity index (χ3n) is 7.14. The predicted molar refractivity (Wildman–Crippen MR) is 164 cm³/mol. The van der Waals surface area contributed by atoms with Crippen LogP contribution in [0.15, 0.2) is 97.1 Å². The summed E-state index contributed by atoms with van der Waals surface area (Å²) in [6, 6.07) is 34.5. The molecule has 0 aromatic heterocycles. The third-order valence-corrected chi connectivity index (χ3v) is 7.14. The van der Waals surface area contributed by atoms with E-state index in [2.05, 4.69) is 135 Å². The van der Waals surface area contributed by atoms with Crippen LogP contribution in [0.5, 0.6) is 0 Å². The van der Waals surface area contributed by atoms with Gasteiger partial charge in [0.15, 0.2) is 0 Å². The second-order valence-corrected chi connectivity index (χ2v) is 9.94. The van der Waals surface area contributed by atoms with Gasteiger partial charge in [-0.15, -0.1) is 0 Å². The molecule has 0 nitrogen and oxygen atoms in total. The molecule has 0 aliphatic heterocycles. The van der Waals surface area contributed by atoms with Gasteiger partial charge in [-0.25, -0.2) is 0 Å². The maximum Gasteiger partial charge on any atom is 0.0406 e. The molecule has 0 fully saturated rings. The van der Waals surface area contributed by atoms with Crippen molar-refractivity contribution in [2.75, 3.05) is 0 Å². The first-order valence-electron chi connectivity index (χ1n) is 13.9. The Bertz CT molecular complexity index is 1480. The monoisotopic (exact) mass is 490 g/mol. The molecule has 0 radical (unpaired) electrons. The molecule has 5 aromatic carbocycles. The maximum atomic E-state index is 3.54. The van der Waals surface area contributed by atoms with E-state index >= 15 is 0 Å². The Morgan fingerprint density at radius 3 is 1.08 bits per heavy atom. The van der Waals surface area contributed by atoms with Crippen molar-refractivity contribution in [1.82, 2.24) is 0 Å². The van der Waals surface area contributed by atoms with Crippen LogP contribution in [0.2, 0.25) is 0 Å². The Kier molecular flexibility index (Phi) is 8.23. The van der Waals surface area contributed by atoms with Crippen LogP contribution in [-0.2, 0) is 12.8 Å². The molecule has 0 saturated heterocycles. The van der Waals surface area contributed by atoms with E-state index in [1.54, 1.807) is 0 Å². The molecular formula is C38H34. The molecular weight excluding hydrogens is 456 g/mol. The van der Waals surface area contributed by atoms with Crippen molar-refractivity contribution in [3.8, 4) is 23.7 Å². The summed E-state index contributed by atoms with van der Waals surface area (Å²) in [5.74, 6) is 13.9. The van der Waals surface area contributed by atoms with Gasteiger partial charge in [0.1, 0.15) is 0 Å². The average molecular weight is 491 g/mol. The molecule has 0 spiro atoms. The molecule has 38 heavy (non-hydrogen) atoms. The highest BCUT2D eigenvalue weighted by Crippen LogP contribution is 2.32. The quantitative estimate of drug-likeness (QED) is 0.164. The molecule has 0 bridgehead atoms. The standard InChI is InChI=1S/C38H34/c1-3-5-11-29-17-21-31(22-18-29)25-27-37-33-13-7-9-15-35(33)38(36-16-10-8-14-34(36)37)28-26-32-23-19-30(20-24-32)12-6-4-2/h7-10,13-24H,3-6,11-12H2,1-2H3. The van der Waals surface area contributed by atoms with Crippen LogP contribution in [0.1, 0.15) is 72.9 Å². The molecule has 0 saturated carbocycles. The summed E-state index contributed by atoms with van der Waals surface area (Å²) >= 11 is 0. The van der Waals surface area contributed by atoms with E-state index in [1.807, 2.05) is 0 Å². The Balaban J connectivity index is 1.56. The second kappa shape index (κ2) is 12.3. The lowest BCUT2D eigenvalue weighted by atomic mass is 9.91. The minimum atomic E-state index is 1.05. The molecule has 0 unspecified atom stereocenters. The van der Waals surface area contributed by atoms with Gasteiger partial charge < -0.3 is 0 Å². The fourth-order valence-electron chi connectivity index (χ4n) is 4.94. The van der Waals surface area contributed by atoms with Gasteiger partial charge in [0.25, 0.3) is 0 Å². The van der Waals surface area contributed by atoms with Crippen molar-refractivity contribution >= 4 is 21.5 Å². The topological polar surface area (TPSA) is 0 Å². The maximum absolute atomic E-state index is 3.54. The lowest BCUT2D eigenvalue weighted by molar-refractivity contribution is 0.795. The molecule has 186 valence electrons. The molecule has 0 aliphatic rings. The fourth-order valence-corrected chi connectivity index (χ4v) is 4.94. The van der Waals surface area contributed by atoms with Gasteiger partial charge in [-0.2, -0.15) is 0 Å². The van der Waals surface area contributed by atoms with E-state index < -0.39 is 0 Å². The van der Waals surface area contributed by atoms with E-state index in [0.29, 0.717) is 0 Å². The fraction of sp³-hybridized carbons (Fsp3) is 0.211. The van der Waals surface area contributed by atoms with Crippen molar-refractivity contribution in [1.29, 1.82) is 0 Å². The Labute approximate surface area is 227 Å². The number of hydrogen-bond acceptors (Lipinski definition) is 0. The molecule has 0 aliphatic carbocycles. The number of hydrogen-bond donors (Lipinski definition) is 0. The number of fused-ring (bicyclic) bond motifs is 2. The van der Waals surface area contributed by atoms with Crippen LogP contribution in [0.4, 0.5) is 0 Å². The molecule has 5 aromatic rings. The first kappa shape index (κ1) is 25.4. The second-order valence-electron chi connectivity index (χ2n) is 9.94. The zero-order valence-electron chi connectivity index (χ0n) is 22.5. The van der Waals surface area contributed by atoms with Gasteiger partial charge in [-0.1, -0.05) is 123 Å².